The van der Waals surface area contributed by atoms with E-state index >= 15 is 0 Å². The second kappa shape index (κ2) is 6.74. The molecule has 0 atom stereocenters. The van der Waals surface area contributed by atoms with Gasteiger partial charge in [0.05, 0.1) is 0 Å². The zero-order valence-electron chi connectivity index (χ0n) is 11.0. The maximum absolute atomic E-state index is 10.8. The molecule has 94 valence electrons. The summed E-state index contributed by atoms with van der Waals surface area (Å²) in [5.74, 6) is 1.25. The van der Waals surface area contributed by atoms with E-state index in [1.807, 2.05) is 20.8 Å². The van der Waals surface area contributed by atoms with Gasteiger partial charge in [-0.1, -0.05) is 11.8 Å². The summed E-state index contributed by atoms with van der Waals surface area (Å²) in [5, 5.41) is 0.855. The van der Waals surface area contributed by atoms with E-state index in [4.69, 9.17) is 0 Å². The predicted molar refractivity (Wildman–Crippen MR) is 71.5 cm³/mol. The third-order valence-corrected chi connectivity index (χ3v) is 3.70. The van der Waals surface area contributed by atoms with Crippen LogP contribution in [0.3, 0.4) is 0 Å². The van der Waals surface area contributed by atoms with Gasteiger partial charge in [0.2, 0.25) is 0 Å². The topological polar surface area (TPSA) is 42.9 Å². The minimum Gasteiger partial charge on any atom is -0.300 e. The quantitative estimate of drug-likeness (QED) is 0.443. The fourth-order valence-corrected chi connectivity index (χ4v) is 2.38. The van der Waals surface area contributed by atoms with Gasteiger partial charge in [0, 0.05) is 23.6 Å². The Morgan fingerprint density at radius 1 is 1.12 bits per heavy atom. The van der Waals surface area contributed by atoms with Crippen molar-refractivity contribution in [1.29, 1.82) is 0 Å². The van der Waals surface area contributed by atoms with Crippen molar-refractivity contribution in [2.75, 3.05) is 5.75 Å². The highest BCUT2D eigenvalue weighted by Crippen LogP contribution is 2.18. The summed E-state index contributed by atoms with van der Waals surface area (Å²) in [4.78, 5) is 19.7. The number of carbonyl (C=O) groups is 1. The zero-order chi connectivity index (χ0) is 12.8. The van der Waals surface area contributed by atoms with Crippen molar-refractivity contribution in [1.82, 2.24) is 9.97 Å². The lowest BCUT2D eigenvalue weighted by molar-refractivity contribution is -0.117. The fraction of sp³-hybridized carbons (Fsp3) is 0.615. The molecule has 1 rings (SSSR count). The Hall–Kier alpha value is -0.900. The van der Waals surface area contributed by atoms with Crippen LogP contribution in [0.5, 0.6) is 0 Å². The number of thioether (sulfide) groups is 1. The van der Waals surface area contributed by atoms with Crippen molar-refractivity contribution in [3.8, 4) is 0 Å². The molecule has 0 N–H and O–H groups in total. The van der Waals surface area contributed by atoms with Crippen LogP contribution in [0.4, 0.5) is 0 Å². The fourth-order valence-electron chi connectivity index (χ4n) is 1.45. The monoisotopic (exact) mass is 252 g/mol. The van der Waals surface area contributed by atoms with Crippen molar-refractivity contribution in [2.24, 2.45) is 0 Å². The number of aryl methyl sites for hydroxylation is 2. The summed E-state index contributed by atoms with van der Waals surface area (Å²) in [5.41, 5.74) is 3.29. The summed E-state index contributed by atoms with van der Waals surface area (Å²) in [6, 6.07) is 0. The normalized spacial score (nSPS) is 10.6. The van der Waals surface area contributed by atoms with Gasteiger partial charge in [0.1, 0.15) is 5.78 Å². The van der Waals surface area contributed by atoms with Crippen LogP contribution in [-0.4, -0.2) is 21.5 Å². The molecule has 0 spiro atoms. The first kappa shape index (κ1) is 14.2. The Labute approximate surface area is 107 Å². The molecule has 1 heterocycles. The van der Waals surface area contributed by atoms with Crippen LogP contribution in [0.25, 0.3) is 0 Å². The van der Waals surface area contributed by atoms with Gasteiger partial charge in [0.25, 0.3) is 0 Å². The molecule has 0 aliphatic rings. The maximum Gasteiger partial charge on any atom is 0.187 e. The number of hydrogen-bond acceptors (Lipinski definition) is 4. The molecule has 1 aromatic rings. The standard InChI is InChI=1S/C13H20N2OS/c1-9(16)7-5-6-8-17-13-14-11(3)10(2)12(4)15-13/h5-8H2,1-4H3. The molecule has 0 amide bonds. The summed E-state index contributed by atoms with van der Waals surface area (Å²) >= 11 is 1.68. The SMILES string of the molecule is CC(=O)CCCCSc1nc(C)c(C)c(C)n1. The molecule has 0 aromatic carbocycles. The van der Waals surface area contributed by atoms with Gasteiger partial charge in [-0.05, 0) is 46.1 Å². The van der Waals surface area contributed by atoms with E-state index in [0.717, 1.165) is 35.1 Å². The van der Waals surface area contributed by atoms with E-state index in [-0.39, 0.29) is 5.78 Å². The number of carbonyl (C=O) groups excluding carboxylic acids is 1. The smallest absolute Gasteiger partial charge is 0.187 e. The van der Waals surface area contributed by atoms with E-state index < -0.39 is 0 Å². The lowest BCUT2D eigenvalue weighted by Crippen LogP contribution is -1.98. The zero-order valence-corrected chi connectivity index (χ0v) is 11.9. The molecular weight excluding hydrogens is 232 g/mol. The summed E-state index contributed by atoms with van der Waals surface area (Å²) < 4.78 is 0. The van der Waals surface area contributed by atoms with Crippen LogP contribution >= 0.6 is 11.8 Å². The molecular formula is C13H20N2OS. The number of aromatic nitrogens is 2. The number of hydrogen-bond donors (Lipinski definition) is 0. The van der Waals surface area contributed by atoms with Crippen LogP contribution in [0.1, 0.15) is 43.1 Å². The van der Waals surface area contributed by atoms with Crippen LogP contribution in [0, 0.1) is 20.8 Å². The molecule has 0 aliphatic heterocycles. The van der Waals surface area contributed by atoms with Gasteiger partial charge in [-0.25, -0.2) is 9.97 Å². The Morgan fingerprint density at radius 2 is 1.71 bits per heavy atom. The molecule has 0 saturated heterocycles. The van der Waals surface area contributed by atoms with Crippen molar-refractivity contribution < 1.29 is 4.79 Å². The average Bonchev–Trinajstić information content (AvgIpc) is 2.25. The van der Waals surface area contributed by atoms with E-state index in [0.29, 0.717) is 6.42 Å². The van der Waals surface area contributed by atoms with Gasteiger partial charge < -0.3 is 4.79 Å². The average molecular weight is 252 g/mol. The second-order valence-corrected chi connectivity index (χ2v) is 5.37. The lowest BCUT2D eigenvalue weighted by Gasteiger charge is -2.06. The number of Topliss-reactive ketones (excluding diaryl/α,β-unsaturated/α-hetero) is 1. The molecule has 3 nitrogen and oxygen atoms in total. The molecule has 1 aromatic heterocycles. The lowest BCUT2D eigenvalue weighted by atomic mass is 10.2. The minimum absolute atomic E-state index is 0.272. The Balaban J connectivity index is 2.39. The molecule has 4 heteroatoms. The first-order valence-electron chi connectivity index (χ1n) is 5.94. The Kier molecular flexibility index (Phi) is 5.62. The molecule has 0 saturated carbocycles. The van der Waals surface area contributed by atoms with Crippen molar-refractivity contribution in [3.05, 3.63) is 17.0 Å². The highest BCUT2D eigenvalue weighted by Gasteiger charge is 2.04. The third-order valence-electron chi connectivity index (χ3n) is 2.77. The Bertz CT molecular complexity index is 381. The van der Waals surface area contributed by atoms with Gasteiger partial charge in [-0.15, -0.1) is 0 Å². The summed E-state index contributed by atoms with van der Waals surface area (Å²) in [7, 11) is 0. The van der Waals surface area contributed by atoms with Crippen LogP contribution in [0.2, 0.25) is 0 Å². The summed E-state index contributed by atoms with van der Waals surface area (Å²) in [6.45, 7) is 7.72. The largest absolute Gasteiger partial charge is 0.300 e. The highest BCUT2D eigenvalue weighted by atomic mass is 32.2. The number of unbranched alkanes of at least 4 members (excludes halogenated alkanes) is 1. The predicted octanol–water partition coefficient (Wildman–Crippen LogP) is 3.25. The van der Waals surface area contributed by atoms with Crippen LogP contribution in [0.15, 0.2) is 5.16 Å². The molecule has 0 unspecified atom stereocenters. The Morgan fingerprint density at radius 3 is 2.24 bits per heavy atom. The van der Waals surface area contributed by atoms with E-state index in [9.17, 15) is 4.79 Å². The molecule has 0 aliphatic carbocycles. The van der Waals surface area contributed by atoms with Crippen molar-refractivity contribution in [3.63, 3.8) is 0 Å². The summed E-state index contributed by atoms with van der Waals surface area (Å²) in [6.07, 6.45) is 2.69. The van der Waals surface area contributed by atoms with Crippen LogP contribution in [-0.2, 0) is 4.79 Å². The van der Waals surface area contributed by atoms with E-state index in [1.54, 1.807) is 18.7 Å². The third kappa shape index (κ3) is 4.86. The molecule has 0 radical (unpaired) electrons. The van der Waals surface area contributed by atoms with Crippen LogP contribution < -0.4 is 0 Å². The number of ketones is 1. The van der Waals surface area contributed by atoms with Crippen molar-refractivity contribution in [2.45, 2.75) is 52.1 Å². The second-order valence-electron chi connectivity index (χ2n) is 4.31. The maximum atomic E-state index is 10.8. The minimum atomic E-state index is 0.272. The van der Waals surface area contributed by atoms with Crippen molar-refractivity contribution >= 4 is 17.5 Å². The van der Waals surface area contributed by atoms with Gasteiger partial charge in [-0.2, -0.15) is 0 Å². The number of nitrogens with zero attached hydrogens (tertiary/aromatic N) is 2. The molecule has 17 heavy (non-hydrogen) atoms. The highest BCUT2D eigenvalue weighted by molar-refractivity contribution is 7.99. The molecule has 0 bridgehead atoms. The first-order valence-corrected chi connectivity index (χ1v) is 6.93. The van der Waals surface area contributed by atoms with Gasteiger partial charge in [0.15, 0.2) is 5.16 Å². The number of rotatable bonds is 6. The molecule has 0 fully saturated rings. The van der Waals surface area contributed by atoms with Gasteiger partial charge >= 0.3 is 0 Å². The first-order chi connectivity index (χ1) is 8.00. The van der Waals surface area contributed by atoms with E-state index in [1.165, 1.54) is 5.56 Å². The van der Waals surface area contributed by atoms with Gasteiger partial charge in [-0.3, -0.25) is 0 Å². The van der Waals surface area contributed by atoms with E-state index in [2.05, 4.69) is 9.97 Å².